The molecule has 1 aliphatic rings. The van der Waals surface area contributed by atoms with E-state index in [1.807, 2.05) is 19.9 Å². The van der Waals surface area contributed by atoms with Gasteiger partial charge in [-0.1, -0.05) is 33.6 Å². The Balaban J connectivity index is 1.56. The minimum atomic E-state index is -0.352. The van der Waals surface area contributed by atoms with E-state index in [1.165, 1.54) is 0 Å². The molecule has 0 saturated heterocycles. The van der Waals surface area contributed by atoms with Crippen LogP contribution in [-0.4, -0.2) is 17.5 Å². The molecule has 1 heterocycles. The Morgan fingerprint density at radius 1 is 1.06 bits per heavy atom. The average molecular weight is 515 g/mol. The van der Waals surface area contributed by atoms with E-state index in [-0.39, 0.29) is 17.6 Å². The van der Waals surface area contributed by atoms with E-state index >= 15 is 0 Å². The van der Waals surface area contributed by atoms with Gasteiger partial charge in [0.1, 0.15) is 5.76 Å². The van der Waals surface area contributed by atoms with Crippen LogP contribution in [0.4, 0.5) is 5.69 Å². The number of hydrogen-bond donors (Lipinski definition) is 2. The lowest BCUT2D eigenvalue weighted by Gasteiger charge is -2.13. The van der Waals surface area contributed by atoms with Crippen molar-refractivity contribution in [2.75, 3.05) is 5.32 Å². The third-order valence-electron chi connectivity index (χ3n) is 5.36. The second-order valence-corrected chi connectivity index (χ2v) is 8.96. The Kier molecular flexibility index (Phi) is 6.48. The number of nitrogens with one attached hydrogen (secondary N) is 2. The van der Waals surface area contributed by atoms with Gasteiger partial charge in [-0.25, -0.2) is 5.43 Å². The summed E-state index contributed by atoms with van der Waals surface area (Å²) in [6.07, 6.45) is 2.21. The van der Waals surface area contributed by atoms with Crippen molar-refractivity contribution in [3.8, 4) is 0 Å². The van der Waals surface area contributed by atoms with Gasteiger partial charge in [0.25, 0.3) is 11.8 Å². The molecule has 2 aromatic carbocycles. The summed E-state index contributed by atoms with van der Waals surface area (Å²) >= 11 is 9.52. The van der Waals surface area contributed by atoms with Crippen LogP contribution in [0.25, 0.3) is 0 Å². The lowest BCUT2D eigenvalue weighted by molar-refractivity contribution is 0.0953. The van der Waals surface area contributed by atoms with Gasteiger partial charge in [0.05, 0.1) is 5.71 Å². The zero-order valence-corrected chi connectivity index (χ0v) is 19.9. The van der Waals surface area contributed by atoms with Gasteiger partial charge in [0, 0.05) is 38.3 Å². The number of aryl methyl sites for hydroxylation is 2. The van der Waals surface area contributed by atoms with Gasteiger partial charge in [0.2, 0.25) is 0 Å². The topological polar surface area (TPSA) is 83.7 Å². The standard InChI is InChI=1S/C24H21BrClN3O3/c1-13-6-11-17(12-18(13)26)27-24(31)22-14(2)21-19(4-3-5-20(21)32-22)28-29-23(30)15-7-9-16(25)10-8-15/h6-12H,3-5H2,1-2H3,(H,27,31)(H,29,30)/b28-19+. The fourth-order valence-corrected chi connectivity index (χ4v) is 4.08. The first-order valence-electron chi connectivity index (χ1n) is 10.2. The summed E-state index contributed by atoms with van der Waals surface area (Å²) < 4.78 is 6.81. The summed E-state index contributed by atoms with van der Waals surface area (Å²) in [5, 5.41) is 7.77. The van der Waals surface area contributed by atoms with Crippen LogP contribution in [0.1, 0.15) is 56.2 Å². The van der Waals surface area contributed by atoms with Gasteiger partial charge in [-0.2, -0.15) is 5.10 Å². The minimum absolute atomic E-state index is 0.237. The molecule has 0 atom stereocenters. The van der Waals surface area contributed by atoms with Crippen LogP contribution < -0.4 is 10.7 Å². The van der Waals surface area contributed by atoms with Crippen molar-refractivity contribution in [1.82, 2.24) is 5.43 Å². The van der Waals surface area contributed by atoms with Crippen LogP contribution >= 0.6 is 27.5 Å². The first-order chi connectivity index (χ1) is 15.3. The third kappa shape index (κ3) is 4.64. The molecule has 1 aromatic heterocycles. The molecule has 0 bridgehead atoms. The molecule has 0 unspecified atom stereocenters. The van der Waals surface area contributed by atoms with Crippen molar-refractivity contribution >= 4 is 50.7 Å². The molecule has 2 N–H and O–H groups in total. The van der Waals surface area contributed by atoms with Crippen molar-refractivity contribution in [3.05, 3.63) is 85.7 Å². The van der Waals surface area contributed by atoms with Crippen LogP contribution in [0.2, 0.25) is 5.02 Å². The molecule has 3 aromatic rings. The predicted molar refractivity (Wildman–Crippen MR) is 129 cm³/mol. The van der Waals surface area contributed by atoms with Crippen LogP contribution in [0, 0.1) is 13.8 Å². The maximum atomic E-state index is 12.9. The van der Waals surface area contributed by atoms with E-state index in [0.29, 0.717) is 46.2 Å². The highest BCUT2D eigenvalue weighted by Crippen LogP contribution is 2.30. The molecule has 0 saturated carbocycles. The van der Waals surface area contributed by atoms with E-state index in [9.17, 15) is 9.59 Å². The number of fused-ring (bicyclic) bond motifs is 1. The Hall–Kier alpha value is -2.90. The van der Waals surface area contributed by atoms with Crippen LogP contribution in [-0.2, 0) is 6.42 Å². The number of hydrazone groups is 1. The van der Waals surface area contributed by atoms with Crippen molar-refractivity contribution in [2.45, 2.75) is 33.1 Å². The number of amides is 2. The summed E-state index contributed by atoms with van der Waals surface area (Å²) in [5.41, 5.74) is 6.85. The molecular weight excluding hydrogens is 494 g/mol. The molecule has 0 spiro atoms. The molecule has 6 nitrogen and oxygen atoms in total. The number of nitrogens with zero attached hydrogens (tertiary/aromatic N) is 1. The molecule has 1 aliphatic carbocycles. The highest BCUT2D eigenvalue weighted by Gasteiger charge is 2.28. The fourth-order valence-electron chi connectivity index (χ4n) is 3.64. The lowest BCUT2D eigenvalue weighted by atomic mass is 9.93. The second kappa shape index (κ2) is 9.30. The quantitative estimate of drug-likeness (QED) is 0.417. The molecule has 8 heteroatoms. The zero-order chi connectivity index (χ0) is 22.8. The maximum absolute atomic E-state index is 12.9. The lowest BCUT2D eigenvalue weighted by Crippen LogP contribution is -2.22. The highest BCUT2D eigenvalue weighted by molar-refractivity contribution is 9.10. The monoisotopic (exact) mass is 513 g/mol. The van der Waals surface area contributed by atoms with Crippen LogP contribution in [0.5, 0.6) is 0 Å². The highest BCUT2D eigenvalue weighted by atomic mass is 79.9. The molecule has 164 valence electrons. The van der Waals surface area contributed by atoms with Gasteiger partial charge in [-0.3, -0.25) is 9.59 Å². The number of carbonyl (C=O) groups excluding carboxylic acids is 2. The Morgan fingerprint density at radius 3 is 2.53 bits per heavy atom. The van der Waals surface area contributed by atoms with Gasteiger partial charge in [0.15, 0.2) is 5.76 Å². The Labute approximate surface area is 199 Å². The number of hydrogen-bond acceptors (Lipinski definition) is 4. The van der Waals surface area contributed by atoms with Crippen molar-refractivity contribution in [3.63, 3.8) is 0 Å². The number of halogens is 2. The van der Waals surface area contributed by atoms with E-state index in [2.05, 4.69) is 31.8 Å². The van der Waals surface area contributed by atoms with Gasteiger partial charge in [-0.05, 0) is 68.7 Å². The van der Waals surface area contributed by atoms with E-state index in [0.717, 1.165) is 22.0 Å². The van der Waals surface area contributed by atoms with Crippen molar-refractivity contribution in [1.29, 1.82) is 0 Å². The second-order valence-electron chi connectivity index (χ2n) is 7.63. The van der Waals surface area contributed by atoms with Gasteiger partial charge >= 0.3 is 0 Å². The summed E-state index contributed by atoms with van der Waals surface area (Å²) in [5.74, 6) is 0.292. The fraction of sp³-hybridized carbons (Fsp3) is 0.208. The SMILES string of the molecule is Cc1ccc(NC(=O)c2oc3c(c2C)/C(=N/NC(=O)c2ccc(Br)cc2)CCC3)cc1Cl. The molecule has 4 rings (SSSR count). The number of benzene rings is 2. The summed E-state index contributed by atoms with van der Waals surface area (Å²) in [6.45, 7) is 3.73. The van der Waals surface area contributed by atoms with Crippen molar-refractivity contribution < 1.29 is 14.0 Å². The van der Waals surface area contributed by atoms with Crippen molar-refractivity contribution in [2.24, 2.45) is 5.10 Å². The van der Waals surface area contributed by atoms with Gasteiger partial charge < -0.3 is 9.73 Å². The number of anilines is 1. The van der Waals surface area contributed by atoms with E-state index < -0.39 is 0 Å². The summed E-state index contributed by atoms with van der Waals surface area (Å²) in [7, 11) is 0. The predicted octanol–water partition coefficient (Wildman–Crippen LogP) is 6.04. The summed E-state index contributed by atoms with van der Waals surface area (Å²) in [6, 6.07) is 12.4. The molecule has 0 fully saturated rings. The number of carbonyl (C=O) groups is 2. The molecule has 0 aliphatic heterocycles. The summed E-state index contributed by atoms with van der Waals surface area (Å²) in [4.78, 5) is 25.3. The number of rotatable bonds is 4. The van der Waals surface area contributed by atoms with E-state index in [1.54, 1.807) is 36.4 Å². The average Bonchev–Trinajstić information content (AvgIpc) is 3.12. The number of furan rings is 1. The van der Waals surface area contributed by atoms with Gasteiger partial charge in [-0.15, -0.1) is 0 Å². The first-order valence-corrected chi connectivity index (χ1v) is 11.3. The third-order valence-corrected chi connectivity index (χ3v) is 6.30. The Bertz CT molecular complexity index is 1230. The largest absolute Gasteiger partial charge is 0.455 e. The molecular formula is C24H21BrClN3O3. The Morgan fingerprint density at radius 2 is 1.81 bits per heavy atom. The van der Waals surface area contributed by atoms with Crippen LogP contribution in [0.15, 0.2) is 56.5 Å². The smallest absolute Gasteiger partial charge is 0.291 e. The zero-order valence-electron chi connectivity index (χ0n) is 17.6. The normalized spacial score (nSPS) is 14.2. The minimum Gasteiger partial charge on any atom is -0.455 e. The molecule has 2 amide bonds. The molecule has 32 heavy (non-hydrogen) atoms. The van der Waals surface area contributed by atoms with E-state index in [4.69, 9.17) is 16.0 Å². The first kappa shape index (κ1) is 22.3. The maximum Gasteiger partial charge on any atom is 0.291 e. The molecule has 0 radical (unpaired) electrons. The van der Waals surface area contributed by atoms with Crippen LogP contribution in [0.3, 0.4) is 0 Å².